The molecule has 2 aromatic rings. The fourth-order valence-corrected chi connectivity index (χ4v) is 6.51. The molecule has 0 bridgehead atoms. The van der Waals surface area contributed by atoms with Crippen LogP contribution in [0.2, 0.25) is 0 Å². The molecule has 18 nitrogen and oxygen atoms in total. The summed E-state index contributed by atoms with van der Waals surface area (Å²) in [6.45, 7) is -2.54. The first-order valence-corrected chi connectivity index (χ1v) is 18.2. The standard InChI is InChI=1S/C32H42N8O10S2/c33-21(11-19-7-3-1-4-8-19)29(47)35-13-25(41)39-23(31(49)37-15-27(43)44)17-51-52-18-24(32(50)38-16-28(45)46)40-26(42)14-36-30(48)22(34)12-20-9-5-2-6-10-20/h1-10,21-24H,11-18,33-34H2,(H,35,47)(H,36,48)(H,37,49)(H,38,50)(H,39,41)(H,40,42)(H,43,44)(H,45,46)/t21-,22-,23-,24-/m0/s1. The zero-order valence-corrected chi connectivity index (χ0v) is 29.5. The zero-order valence-electron chi connectivity index (χ0n) is 27.9. The van der Waals surface area contributed by atoms with Crippen molar-refractivity contribution < 1.29 is 48.6 Å². The van der Waals surface area contributed by atoms with E-state index in [0.717, 1.165) is 32.7 Å². The van der Waals surface area contributed by atoms with Crippen LogP contribution in [0.1, 0.15) is 11.1 Å². The van der Waals surface area contributed by atoms with Gasteiger partial charge in [-0.3, -0.25) is 38.4 Å². The lowest BCUT2D eigenvalue weighted by molar-refractivity contribution is -0.138. The van der Waals surface area contributed by atoms with Crippen molar-refractivity contribution in [3.8, 4) is 0 Å². The summed E-state index contributed by atoms with van der Waals surface area (Å²) in [4.78, 5) is 97.5. The van der Waals surface area contributed by atoms with E-state index >= 15 is 0 Å². The Morgan fingerprint density at radius 1 is 0.519 bits per heavy atom. The van der Waals surface area contributed by atoms with Gasteiger partial charge in [0.25, 0.3) is 0 Å². The minimum atomic E-state index is -1.33. The van der Waals surface area contributed by atoms with E-state index < -0.39 is 97.7 Å². The fourth-order valence-electron chi connectivity index (χ4n) is 4.18. The molecular formula is C32H42N8O10S2. The average Bonchev–Trinajstić information content (AvgIpc) is 3.12. The maximum Gasteiger partial charge on any atom is 0.322 e. The summed E-state index contributed by atoms with van der Waals surface area (Å²) in [6.07, 6.45) is 0.436. The Kier molecular flexibility index (Phi) is 19.3. The third-order valence-electron chi connectivity index (χ3n) is 6.80. The summed E-state index contributed by atoms with van der Waals surface area (Å²) in [5.41, 5.74) is 13.5. The van der Waals surface area contributed by atoms with Crippen LogP contribution in [0.4, 0.5) is 0 Å². The van der Waals surface area contributed by atoms with Gasteiger partial charge < -0.3 is 53.6 Å². The predicted octanol–water partition coefficient (Wildman–Crippen LogP) is -2.89. The second-order valence-corrected chi connectivity index (χ2v) is 13.6. The van der Waals surface area contributed by atoms with Gasteiger partial charge in [0.15, 0.2) is 0 Å². The first kappa shape index (κ1) is 43.0. The Balaban J connectivity index is 1.94. The highest BCUT2D eigenvalue weighted by atomic mass is 33.1. The van der Waals surface area contributed by atoms with Crippen LogP contribution in [0, 0.1) is 0 Å². The molecule has 12 N–H and O–H groups in total. The highest BCUT2D eigenvalue weighted by molar-refractivity contribution is 8.76. The molecule has 0 unspecified atom stereocenters. The van der Waals surface area contributed by atoms with Gasteiger partial charge in [0.05, 0.1) is 25.2 Å². The van der Waals surface area contributed by atoms with Crippen LogP contribution in [-0.2, 0) is 51.2 Å². The van der Waals surface area contributed by atoms with E-state index in [0.29, 0.717) is 0 Å². The van der Waals surface area contributed by atoms with Crippen LogP contribution in [0.25, 0.3) is 0 Å². The molecule has 0 fully saturated rings. The summed E-state index contributed by atoms with van der Waals surface area (Å²) in [7, 11) is 1.94. The molecule has 0 spiro atoms. The molecule has 0 aliphatic rings. The predicted molar refractivity (Wildman–Crippen MR) is 192 cm³/mol. The number of carbonyl (C=O) groups is 8. The molecule has 0 saturated heterocycles. The zero-order chi connectivity index (χ0) is 38.5. The van der Waals surface area contributed by atoms with E-state index in [1.807, 2.05) is 12.1 Å². The topological polar surface area (TPSA) is 301 Å². The van der Waals surface area contributed by atoms with Gasteiger partial charge in [0.1, 0.15) is 25.2 Å². The van der Waals surface area contributed by atoms with Gasteiger partial charge in [-0.15, -0.1) is 0 Å². The van der Waals surface area contributed by atoms with Gasteiger partial charge in [0, 0.05) is 11.5 Å². The molecule has 0 aliphatic carbocycles. The quantitative estimate of drug-likeness (QED) is 0.0402. The summed E-state index contributed by atoms with van der Waals surface area (Å²) in [6, 6.07) is 13.5. The second-order valence-electron chi connectivity index (χ2n) is 11.1. The lowest BCUT2D eigenvalue weighted by Gasteiger charge is -2.20. The van der Waals surface area contributed by atoms with Crippen LogP contribution >= 0.6 is 21.6 Å². The smallest absolute Gasteiger partial charge is 0.322 e. The Morgan fingerprint density at radius 3 is 1.17 bits per heavy atom. The third kappa shape index (κ3) is 17.7. The van der Waals surface area contributed by atoms with E-state index in [1.165, 1.54) is 0 Å². The van der Waals surface area contributed by atoms with Crippen LogP contribution < -0.4 is 43.4 Å². The molecule has 282 valence electrons. The van der Waals surface area contributed by atoms with Crippen LogP contribution in [0.15, 0.2) is 60.7 Å². The number of amides is 6. The summed E-state index contributed by atoms with van der Waals surface area (Å²) >= 11 is 0. The van der Waals surface area contributed by atoms with Crippen molar-refractivity contribution in [2.75, 3.05) is 37.7 Å². The molecule has 2 rings (SSSR count). The number of carboxylic acids is 2. The third-order valence-corrected chi connectivity index (χ3v) is 9.22. The Labute approximate surface area is 306 Å². The number of nitrogens with two attached hydrogens (primary N) is 2. The Morgan fingerprint density at radius 2 is 0.846 bits per heavy atom. The largest absolute Gasteiger partial charge is 0.480 e. The normalized spacial score (nSPS) is 12.9. The number of aliphatic carboxylic acids is 2. The molecule has 20 heteroatoms. The number of rotatable bonds is 23. The molecule has 52 heavy (non-hydrogen) atoms. The number of benzene rings is 2. The highest BCUT2D eigenvalue weighted by Crippen LogP contribution is 2.23. The molecular weight excluding hydrogens is 721 g/mol. The lowest BCUT2D eigenvalue weighted by Crippen LogP contribution is -2.53. The van der Waals surface area contributed by atoms with Crippen molar-refractivity contribution in [3.05, 3.63) is 71.8 Å². The number of hydrogen-bond donors (Lipinski definition) is 10. The SMILES string of the molecule is N[C@@H](Cc1ccccc1)C(=O)NCC(=O)N[C@@H](CSSC[C@H](NC(=O)CNC(=O)[C@@H](N)Cc1ccccc1)C(=O)NCC(=O)O)C(=O)NCC(=O)O. The molecule has 4 atom stereocenters. The second kappa shape index (κ2) is 23.3. The minimum Gasteiger partial charge on any atom is -0.480 e. The number of carbonyl (C=O) groups excluding carboxylic acids is 6. The summed E-state index contributed by atoms with van der Waals surface area (Å²) < 4.78 is 0. The van der Waals surface area contributed by atoms with E-state index in [9.17, 15) is 38.4 Å². The maximum absolute atomic E-state index is 12.7. The first-order chi connectivity index (χ1) is 24.7. The Hall–Kier alpha value is -5.18. The van der Waals surface area contributed by atoms with Gasteiger partial charge in [0.2, 0.25) is 35.4 Å². The van der Waals surface area contributed by atoms with Crippen molar-refractivity contribution in [2.24, 2.45) is 11.5 Å². The van der Waals surface area contributed by atoms with Gasteiger partial charge in [-0.25, -0.2) is 0 Å². The number of nitrogens with one attached hydrogen (secondary N) is 6. The molecule has 0 aliphatic heterocycles. The van der Waals surface area contributed by atoms with Crippen molar-refractivity contribution in [2.45, 2.75) is 37.0 Å². The first-order valence-electron chi connectivity index (χ1n) is 15.7. The van der Waals surface area contributed by atoms with Crippen LogP contribution in [0.3, 0.4) is 0 Å². The number of hydrogen-bond acceptors (Lipinski definition) is 12. The number of carboxylic acid groups (broad SMARTS) is 2. The van der Waals surface area contributed by atoms with Gasteiger partial charge >= 0.3 is 11.9 Å². The minimum absolute atomic E-state index is 0.157. The molecule has 0 radical (unpaired) electrons. The monoisotopic (exact) mass is 762 g/mol. The van der Waals surface area contributed by atoms with Crippen molar-refractivity contribution in [1.29, 1.82) is 0 Å². The van der Waals surface area contributed by atoms with E-state index in [-0.39, 0.29) is 24.3 Å². The molecule has 0 saturated carbocycles. The molecule has 6 amide bonds. The van der Waals surface area contributed by atoms with Crippen LogP contribution in [-0.4, -0.2) is 119 Å². The average molecular weight is 763 g/mol. The molecule has 2 aromatic carbocycles. The summed E-state index contributed by atoms with van der Waals surface area (Å²) in [5.74, 6) is -7.44. The summed E-state index contributed by atoms with van der Waals surface area (Å²) in [5, 5.41) is 31.8. The van der Waals surface area contributed by atoms with Crippen molar-refractivity contribution in [3.63, 3.8) is 0 Å². The van der Waals surface area contributed by atoms with E-state index in [1.54, 1.807) is 48.5 Å². The molecule has 0 aromatic heterocycles. The van der Waals surface area contributed by atoms with Crippen molar-refractivity contribution >= 4 is 69.0 Å². The van der Waals surface area contributed by atoms with E-state index in [2.05, 4.69) is 31.9 Å². The maximum atomic E-state index is 12.7. The van der Waals surface area contributed by atoms with Gasteiger partial charge in [-0.05, 0) is 24.0 Å². The Bertz CT molecular complexity index is 1420. The highest BCUT2D eigenvalue weighted by Gasteiger charge is 2.25. The fraction of sp³-hybridized carbons (Fsp3) is 0.375. The van der Waals surface area contributed by atoms with Gasteiger partial charge in [-0.2, -0.15) is 0 Å². The van der Waals surface area contributed by atoms with E-state index in [4.69, 9.17) is 21.7 Å². The molecule has 0 heterocycles. The van der Waals surface area contributed by atoms with Gasteiger partial charge in [-0.1, -0.05) is 82.3 Å². The lowest BCUT2D eigenvalue weighted by atomic mass is 10.1. The van der Waals surface area contributed by atoms with Crippen molar-refractivity contribution in [1.82, 2.24) is 31.9 Å². The van der Waals surface area contributed by atoms with Crippen LogP contribution in [0.5, 0.6) is 0 Å².